The summed E-state index contributed by atoms with van der Waals surface area (Å²) in [6, 6.07) is 15.5. The number of aromatic nitrogens is 3. The van der Waals surface area contributed by atoms with E-state index < -0.39 is 0 Å². The number of rotatable bonds is 4. The number of piperazine rings is 1. The van der Waals surface area contributed by atoms with Crippen molar-refractivity contribution in [1.29, 1.82) is 0 Å². The quantitative estimate of drug-likeness (QED) is 0.509. The van der Waals surface area contributed by atoms with Gasteiger partial charge in [0.25, 0.3) is 5.56 Å². The molecule has 4 aromatic rings. The molecule has 3 heterocycles. The summed E-state index contributed by atoms with van der Waals surface area (Å²) >= 11 is 1.51. The highest BCUT2D eigenvalue weighted by molar-refractivity contribution is 7.13. The SMILES string of the molecule is O=C(CCn1cnc2ccccc2c1=O)N1CCN(c2nsc3ccccc23)CC1. The molecule has 0 bridgehead atoms. The monoisotopic (exact) mass is 419 g/mol. The summed E-state index contributed by atoms with van der Waals surface area (Å²) < 4.78 is 7.33. The largest absolute Gasteiger partial charge is 0.352 e. The summed E-state index contributed by atoms with van der Waals surface area (Å²) in [7, 11) is 0. The number of hydrogen-bond acceptors (Lipinski definition) is 6. The van der Waals surface area contributed by atoms with Gasteiger partial charge in [-0.15, -0.1) is 0 Å². The van der Waals surface area contributed by atoms with Crippen LogP contribution in [0.2, 0.25) is 0 Å². The molecule has 30 heavy (non-hydrogen) atoms. The van der Waals surface area contributed by atoms with Crippen molar-refractivity contribution in [2.75, 3.05) is 31.1 Å². The van der Waals surface area contributed by atoms with Crippen LogP contribution in [0, 0.1) is 0 Å². The molecule has 8 heteroatoms. The Bertz CT molecular complexity index is 1270. The van der Waals surface area contributed by atoms with Crippen molar-refractivity contribution in [2.45, 2.75) is 13.0 Å². The molecule has 0 aliphatic carbocycles. The van der Waals surface area contributed by atoms with Crippen molar-refractivity contribution in [2.24, 2.45) is 0 Å². The number of fused-ring (bicyclic) bond motifs is 2. The van der Waals surface area contributed by atoms with Gasteiger partial charge in [0, 0.05) is 44.5 Å². The van der Waals surface area contributed by atoms with Crippen molar-refractivity contribution in [1.82, 2.24) is 18.8 Å². The molecular weight excluding hydrogens is 398 g/mol. The number of amides is 1. The molecule has 1 aliphatic heterocycles. The molecule has 1 aliphatic rings. The van der Waals surface area contributed by atoms with E-state index in [0.717, 1.165) is 18.9 Å². The first-order chi connectivity index (χ1) is 14.7. The van der Waals surface area contributed by atoms with E-state index in [2.05, 4.69) is 26.4 Å². The van der Waals surface area contributed by atoms with Gasteiger partial charge in [0.15, 0.2) is 0 Å². The predicted octanol–water partition coefficient (Wildman–Crippen LogP) is 2.75. The molecule has 0 spiro atoms. The summed E-state index contributed by atoms with van der Waals surface area (Å²) in [5, 5.41) is 1.75. The fourth-order valence-corrected chi connectivity index (χ4v) is 4.70. The number of hydrogen-bond donors (Lipinski definition) is 0. The summed E-state index contributed by atoms with van der Waals surface area (Å²) in [6.45, 7) is 3.19. The van der Waals surface area contributed by atoms with Gasteiger partial charge >= 0.3 is 0 Å². The lowest BCUT2D eigenvalue weighted by Crippen LogP contribution is -2.49. The van der Waals surface area contributed by atoms with Crippen LogP contribution in [0.5, 0.6) is 0 Å². The number of carbonyl (C=O) groups excluding carboxylic acids is 1. The third-order valence-electron chi connectivity index (χ3n) is 5.59. The Labute approximate surface area is 177 Å². The fraction of sp³-hybridized carbons (Fsp3) is 0.273. The van der Waals surface area contributed by atoms with Crippen LogP contribution in [0.15, 0.2) is 59.7 Å². The molecular formula is C22H21N5O2S. The first-order valence-corrected chi connectivity index (χ1v) is 10.8. The minimum atomic E-state index is -0.103. The smallest absolute Gasteiger partial charge is 0.261 e. The minimum Gasteiger partial charge on any atom is -0.352 e. The molecule has 2 aromatic carbocycles. The number of benzene rings is 2. The minimum absolute atomic E-state index is 0.0674. The Morgan fingerprint density at radius 3 is 2.53 bits per heavy atom. The van der Waals surface area contributed by atoms with Crippen molar-refractivity contribution >= 4 is 44.2 Å². The van der Waals surface area contributed by atoms with Crippen molar-refractivity contribution < 1.29 is 4.79 Å². The highest BCUT2D eigenvalue weighted by Crippen LogP contribution is 2.29. The van der Waals surface area contributed by atoms with Crippen LogP contribution in [-0.4, -0.2) is 50.9 Å². The van der Waals surface area contributed by atoms with Crippen LogP contribution in [0.3, 0.4) is 0 Å². The van der Waals surface area contributed by atoms with Gasteiger partial charge in [0.05, 0.1) is 21.9 Å². The molecule has 0 saturated carbocycles. The average Bonchev–Trinajstić information content (AvgIpc) is 3.23. The molecule has 0 atom stereocenters. The number of aryl methyl sites for hydroxylation is 1. The van der Waals surface area contributed by atoms with Gasteiger partial charge < -0.3 is 9.80 Å². The van der Waals surface area contributed by atoms with Crippen LogP contribution in [0.4, 0.5) is 5.82 Å². The molecule has 0 N–H and O–H groups in total. The number of para-hydroxylation sites is 1. The van der Waals surface area contributed by atoms with Crippen molar-refractivity contribution in [3.63, 3.8) is 0 Å². The topological polar surface area (TPSA) is 71.3 Å². The highest BCUT2D eigenvalue weighted by Gasteiger charge is 2.23. The Morgan fingerprint density at radius 1 is 0.967 bits per heavy atom. The predicted molar refractivity (Wildman–Crippen MR) is 119 cm³/mol. The second kappa shape index (κ2) is 7.87. The van der Waals surface area contributed by atoms with Gasteiger partial charge in [-0.25, -0.2) is 4.98 Å². The normalized spacial score (nSPS) is 14.5. The standard InChI is InChI=1S/C22H21N5O2S/c28-20(9-10-27-15-23-18-7-3-1-5-16(18)22(27)29)25-11-13-26(14-12-25)21-17-6-2-4-8-19(17)30-24-21/h1-8,15H,9-14H2. The highest BCUT2D eigenvalue weighted by atomic mass is 32.1. The van der Waals surface area contributed by atoms with Crippen LogP contribution in [-0.2, 0) is 11.3 Å². The number of anilines is 1. The molecule has 0 unspecified atom stereocenters. The second-order valence-corrected chi connectivity index (χ2v) is 8.19. The van der Waals surface area contributed by atoms with Gasteiger partial charge in [-0.1, -0.05) is 24.3 Å². The third kappa shape index (κ3) is 3.43. The molecule has 0 radical (unpaired) electrons. The van der Waals surface area contributed by atoms with Crippen molar-refractivity contribution in [3.8, 4) is 0 Å². The van der Waals surface area contributed by atoms with Gasteiger partial charge in [0.2, 0.25) is 5.91 Å². The summed E-state index contributed by atoms with van der Waals surface area (Å²) in [6.07, 6.45) is 1.82. The van der Waals surface area contributed by atoms with E-state index in [-0.39, 0.29) is 11.5 Å². The third-order valence-corrected chi connectivity index (χ3v) is 6.41. The molecule has 5 rings (SSSR count). The number of nitrogens with zero attached hydrogens (tertiary/aromatic N) is 5. The van der Waals surface area contributed by atoms with Crippen LogP contribution >= 0.6 is 11.5 Å². The first-order valence-electron chi connectivity index (χ1n) is 10.0. The van der Waals surface area contributed by atoms with E-state index in [4.69, 9.17) is 0 Å². The maximum absolute atomic E-state index is 12.7. The van der Waals surface area contributed by atoms with Gasteiger partial charge in [-0.2, -0.15) is 4.37 Å². The maximum Gasteiger partial charge on any atom is 0.261 e. The van der Waals surface area contributed by atoms with Crippen LogP contribution in [0.1, 0.15) is 6.42 Å². The van der Waals surface area contributed by atoms with Gasteiger partial charge in [-0.3, -0.25) is 14.2 Å². The Morgan fingerprint density at radius 2 is 1.70 bits per heavy atom. The lowest BCUT2D eigenvalue weighted by atomic mass is 10.2. The molecule has 1 saturated heterocycles. The Kier molecular flexibility index (Phi) is 4.92. The summed E-state index contributed by atoms with van der Waals surface area (Å²) in [5.41, 5.74) is 0.574. The van der Waals surface area contributed by atoms with E-state index in [1.807, 2.05) is 35.2 Å². The molecule has 2 aromatic heterocycles. The van der Waals surface area contributed by atoms with E-state index in [9.17, 15) is 9.59 Å². The molecule has 152 valence electrons. The van der Waals surface area contributed by atoms with Gasteiger partial charge in [-0.05, 0) is 35.8 Å². The van der Waals surface area contributed by atoms with Crippen molar-refractivity contribution in [3.05, 3.63) is 65.2 Å². The average molecular weight is 420 g/mol. The molecule has 1 fully saturated rings. The Hall–Kier alpha value is -3.26. The first kappa shape index (κ1) is 18.7. The molecule has 1 amide bonds. The van der Waals surface area contributed by atoms with E-state index >= 15 is 0 Å². The zero-order valence-corrected chi connectivity index (χ0v) is 17.2. The van der Waals surface area contributed by atoms with E-state index in [0.29, 0.717) is 37.0 Å². The van der Waals surface area contributed by atoms with Gasteiger partial charge in [0.1, 0.15) is 5.82 Å². The van der Waals surface area contributed by atoms with Crippen LogP contribution in [0.25, 0.3) is 21.0 Å². The lowest BCUT2D eigenvalue weighted by Gasteiger charge is -2.35. The zero-order valence-electron chi connectivity index (χ0n) is 16.4. The lowest BCUT2D eigenvalue weighted by molar-refractivity contribution is -0.131. The fourth-order valence-electron chi connectivity index (χ4n) is 3.91. The van der Waals surface area contributed by atoms with E-state index in [1.165, 1.54) is 32.5 Å². The molecule has 7 nitrogen and oxygen atoms in total. The van der Waals surface area contributed by atoms with Crippen LogP contribution < -0.4 is 10.5 Å². The summed E-state index contributed by atoms with van der Waals surface area (Å²) in [5.74, 6) is 1.08. The maximum atomic E-state index is 12.7. The zero-order chi connectivity index (χ0) is 20.5. The Balaban J connectivity index is 1.21. The number of carbonyl (C=O) groups is 1. The second-order valence-electron chi connectivity index (χ2n) is 7.38. The summed E-state index contributed by atoms with van der Waals surface area (Å²) in [4.78, 5) is 33.7. The van der Waals surface area contributed by atoms with E-state index in [1.54, 1.807) is 6.07 Å².